The Morgan fingerprint density at radius 3 is 1.48 bits per heavy atom. The van der Waals surface area contributed by atoms with Gasteiger partial charge in [0.15, 0.2) is 0 Å². The number of benzene rings is 1. The maximum absolute atomic E-state index is 3.84. The quantitative estimate of drug-likeness (QED) is 0.462. The molecule has 0 spiro atoms. The van der Waals surface area contributed by atoms with Crippen LogP contribution in [0, 0.1) is 32.2 Å². The minimum atomic E-state index is -1.63. The van der Waals surface area contributed by atoms with Crippen molar-refractivity contribution in [3.8, 4) is 11.5 Å². The smallest absolute Gasteiger partial charge is 0.125 e. The standard InChI is InChI=1S/C20H32Si/c1-14(2)21(15(3)4,16(5)6)11-10-20-18(8)12-17(7)13-19(20)9/h12-16H,1-9H3. The molecule has 0 N–H and O–H groups in total. The van der Waals surface area contributed by atoms with Crippen molar-refractivity contribution >= 4 is 8.07 Å². The van der Waals surface area contributed by atoms with Crippen LogP contribution in [0.4, 0.5) is 0 Å². The van der Waals surface area contributed by atoms with Gasteiger partial charge in [-0.25, -0.2) is 0 Å². The lowest BCUT2D eigenvalue weighted by atomic mass is 10.0. The van der Waals surface area contributed by atoms with E-state index < -0.39 is 8.07 Å². The fourth-order valence-corrected chi connectivity index (χ4v) is 9.19. The van der Waals surface area contributed by atoms with Gasteiger partial charge in [-0.15, -0.1) is 5.54 Å². The summed E-state index contributed by atoms with van der Waals surface area (Å²) in [6, 6.07) is 4.50. The van der Waals surface area contributed by atoms with Crippen molar-refractivity contribution in [1.82, 2.24) is 0 Å². The van der Waals surface area contributed by atoms with E-state index in [-0.39, 0.29) is 0 Å². The molecule has 0 aliphatic heterocycles. The summed E-state index contributed by atoms with van der Waals surface area (Å²) in [5.41, 5.74) is 11.1. The molecule has 0 bridgehead atoms. The Hall–Kier alpha value is -1.00. The zero-order chi connectivity index (χ0) is 16.4. The van der Waals surface area contributed by atoms with E-state index >= 15 is 0 Å². The van der Waals surface area contributed by atoms with Gasteiger partial charge in [0.1, 0.15) is 8.07 Å². The molecule has 1 aromatic carbocycles. The summed E-state index contributed by atoms with van der Waals surface area (Å²) in [5, 5.41) is 0. The summed E-state index contributed by atoms with van der Waals surface area (Å²) in [5.74, 6) is 3.61. The van der Waals surface area contributed by atoms with Crippen LogP contribution in [0.1, 0.15) is 63.8 Å². The molecule has 1 heteroatoms. The second-order valence-electron chi connectivity index (χ2n) is 7.42. The molecule has 0 radical (unpaired) electrons. The lowest BCUT2D eigenvalue weighted by molar-refractivity contribution is 0.838. The molecule has 0 heterocycles. The SMILES string of the molecule is Cc1cc(C)c(C#C[Si](C(C)C)(C(C)C)C(C)C)c(C)c1. The zero-order valence-electron chi connectivity index (χ0n) is 15.4. The number of aryl methyl sites for hydroxylation is 3. The highest BCUT2D eigenvalue weighted by atomic mass is 28.3. The van der Waals surface area contributed by atoms with E-state index in [0.717, 1.165) is 0 Å². The van der Waals surface area contributed by atoms with Crippen LogP contribution in [-0.4, -0.2) is 8.07 Å². The van der Waals surface area contributed by atoms with Gasteiger partial charge in [-0.2, -0.15) is 0 Å². The molecule has 1 rings (SSSR count). The lowest BCUT2D eigenvalue weighted by Crippen LogP contribution is -2.43. The second-order valence-corrected chi connectivity index (χ2v) is 13.0. The minimum Gasteiger partial charge on any atom is -0.125 e. The molecule has 0 atom stereocenters. The van der Waals surface area contributed by atoms with Crippen molar-refractivity contribution in [3.05, 3.63) is 34.4 Å². The minimum absolute atomic E-state index is 0.691. The lowest BCUT2D eigenvalue weighted by Gasteiger charge is -2.38. The van der Waals surface area contributed by atoms with E-state index in [2.05, 4.69) is 85.9 Å². The van der Waals surface area contributed by atoms with Crippen LogP contribution in [0.5, 0.6) is 0 Å². The van der Waals surface area contributed by atoms with Gasteiger partial charge in [0.25, 0.3) is 0 Å². The summed E-state index contributed by atoms with van der Waals surface area (Å²) < 4.78 is 0. The van der Waals surface area contributed by atoms with E-state index in [1.807, 2.05) is 0 Å². The van der Waals surface area contributed by atoms with E-state index in [0.29, 0.717) is 16.6 Å². The molecule has 0 nitrogen and oxygen atoms in total. The highest BCUT2D eigenvalue weighted by Crippen LogP contribution is 2.40. The first-order valence-corrected chi connectivity index (χ1v) is 10.5. The topological polar surface area (TPSA) is 0 Å². The predicted molar refractivity (Wildman–Crippen MR) is 98.6 cm³/mol. The van der Waals surface area contributed by atoms with E-state index in [1.54, 1.807) is 0 Å². The molecule has 0 saturated heterocycles. The third-order valence-electron chi connectivity index (χ3n) is 4.95. The molecule has 21 heavy (non-hydrogen) atoms. The highest BCUT2D eigenvalue weighted by molar-refractivity contribution is 6.90. The average molecular weight is 301 g/mol. The first-order valence-electron chi connectivity index (χ1n) is 8.23. The normalized spacial score (nSPS) is 12.0. The number of hydrogen-bond donors (Lipinski definition) is 0. The Morgan fingerprint density at radius 2 is 1.14 bits per heavy atom. The second kappa shape index (κ2) is 6.84. The van der Waals surface area contributed by atoms with Gasteiger partial charge in [0, 0.05) is 5.56 Å². The van der Waals surface area contributed by atoms with Gasteiger partial charge in [0.05, 0.1) is 0 Å². The fourth-order valence-electron chi connectivity index (χ4n) is 3.98. The largest absolute Gasteiger partial charge is 0.146 e. The Balaban J connectivity index is 3.43. The average Bonchev–Trinajstić information content (AvgIpc) is 2.30. The molecule has 0 saturated carbocycles. The molecular weight excluding hydrogens is 268 g/mol. The van der Waals surface area contributed by atoms with Crippen LogP contribution >= 0.6 is 0 Å². The van der Waals surface area contributed by atoms with Crippen molar-refractivity contribution in [2.45, 2.75) is 78.9 Å². The molecule has 0 aliphatic carbocycles. The Morgan fingerprint density at radius 1 is 0.762 bits per heavy atom. The summed E-state index contributed by atoms with van der Waals surface area (Å²) >= 11 is 0. The molecule has 0 fully saturated rings. The van der Waals surface area contributed by atoms with Crippen LogP contribution in [0.2, 0.25) is 16.6 Å². The Bertz CT molecular complexity index is 508. The van der Waals surface area contributed by atoms with Gasteiger partial charge in [0.2, 0.25) is 0 Å². The van der Waals surface area contributed by atoms with Crippen LogP contribution in [0.25, 0.3) is 0 Å². The van der Waals surface area contributed by atoms with E-state index in [9.17, 15) is 0 Å². The van der Waals surface area contributed by atoms with Crippen molar-refractivity contribution in [2.24, 2.45) is 0 Å². The molecular formula is C20H32Si. The maximum Gasteiger partial charge on any atom is 0.146 e. The first-order chi connectivity index (χ1) is 9.62. The predicted octanol–water partition coefficient (Wildman–Crippen LogP) is 6.18. The summed E-state index contributed by atoms with van der Waals surface area (Å²) in [7, 11) is -1.63. The van der Waals surface area contributed by atoms with Crippen LogP contribution in [-0.2, 0) is 0 Å². The van der Waals surface area contributed by atoms with Crippen molar-refractivity contribution in [2.75, 3.05) is 0 Å². The molecule has 0 aromatic heterocycles. The molecule has 1 aromatic rings. The van der Waals surface area contributed by atoms with Gasteiger partial charge in [-0.05, 0) is 48.5 Å². The van der Waals surface area contributed by atoms with Gasteiger partial charge in [-0.3, -0.25) is 0 Å². The van der Waals surface area contributed by atoms with Gasteiger partial charge >= 0.3 is 0 Å². The van der Waals surface area contributed by atoms with Crippen LogP contribution in [0.3, 0.4) is 0 Å². The molecule has 116 valence electrons. The Labute approximate surface area is 133 Å². The van der Waals surface area contributed by atoms with Crippen LogP contribution < -0.4 is 0 Å². The molecule has 0 aliphatic rings. The summed E-state index contributed by atoms with van der Waals surface area (Å²) in [6.07, 6.45) is 0. The highest BCUT2D eigenvalue weighted by Gasteiger charge is 2.41. The van der Waals surface area contributed by atoms with Crippen molar-refractivity contribution in [1.29, 1.82) is 0 Å². The zero-order valence-corrected chi connectivity index (χ0v) is 16.4. The molecule has 0 unspecified atom stereocenters. The summed E-state index contributed by atoms with van der Waals surface area (Å²) in [6.45, 7) is 20.8. The first kappa shape index (κ1) is 18.0. The van der Waals surface area contributed by atoms with E-state index in [4.69, 9.17) is 0 Å². The fraction of sp³-hybridized carbons (Fsp3) is 0.600. The van der Waals surface area contributed by atoms with Crippen molar-refractivity contribution < 1.29 is 0 Å². The maximum atomic E-state index is 3.84. The monoisotopic (exact) mass is 300 g/mol. The summed E-state index contributed by atoms with van der Waals surface area (Å²) in [4.78, 5) is 0. The van der Waals surface area contributed by atoms with Gasteiger partial charge in [-0.1, -0.05) is 65.2 Å². The van der Waals surface area contributed by atoms with Gasteiger partial charge < -0.3 is 0 Å². The third kappa shape index (κ3) is 3.61. The van der Waals surface area contributed by atoms with Crippen molar-refractivity contribution in [3.63, 3.8) is 0 Å². The number of rotatable bonds is 3. The number of hydrogen-bond acceptors (Lipinski definition) is 0. The van der Waals surface area contributed by atoms with Crippen LogP contribution in [0.15, 0.2) is 12.1 Å². The van der Waals surface area contributed by atoms with E-state index in [1.165, 1.54) is 22.3 Å². The molecule has 0 amide bonds. The third-order valence-corrected chi connectivity index (χ3v) is 11.2. The Kier molecular flexibility index (Phi) is 5.88.